The van der Waals surface area contributed by atoms with E-state index in [1.807, 2.05) is 25.1 Å². The summed E-state index contributed by atoms with van der Waals surface area (Å²) in [4.78, 5) is 66.3. The second kappa shape index (κ2) is 12.2. The summed E-state index contributed by atoms with van der Waals surface area (Å²) in [6.07, 6.45) is 0.205. The summed E-state index contributed by atoms with van der Waals surface area (Å²) in [5.41, 5.74) is 3.15. The van der Waals surface area contributed by atoms with Gasteiger partial charge in [0, 0.05) is 63.0 Å². The average molecular weight is 664 g/mol. The summed E-state index contributed by atoms with van der Waals surface area (Å²) in [6.45, 7) is 4.22. The monoisotopic (exact) mass is 663 g/mol. The minimum absolute atomic E-state index is 0.0286. The summed E-state index contributed by atoms with van der Waals surface area (Å²) in [6, 6.07) is 4.38. The first-order valence-corrected chi connectivity index (χ1v) is 15.8. The lowest BCUT2D eigenvalue weighted by molar-refractivity contribution is -0.149. The fourth-order valence-electron chi connectivity index (χ4n) is 7.92. The van der Waals surface area contributed by atoms with E-state index in [2.05, 4.69) is 22.0 Å². The molecule has 0 unspecified atom stereocenters. The van der Waals surface area contributed by atoms with Crippen molar-refractivity contribution in [2.24, 2.45) is 28.6 Å². The molecule has 0 spiro atoms. The van der Waals surface area contributed by atoms with Gasteiger partial charge in [-0.15, -0.1) is 4.91 Å². The Kier molecular flexibility index (Phi) is 8.54. The second-order valence-electron chi connectivity index (χ2n) is 13.5. The number of primary amides is 1. The van der Waals surface area contributed by atoms with E-state index in [0.29, 0.717) is 34.9 Å². The first-order chi connectivity index (χ1) is 22.7. The first-order valence-electron chi connectivity index (χ1n) is 15.8. The number of piperazine rings is 1. The van der Waals surface area contributed by atoms with E-state index in [4.69, 9.17) is 20.9 Å². The van der Waals surface area contributed by atoms with Crippen LogP contribution in [0.5, 0.6) is 0 Å². The molecular weight excluding hydrogens is 622 g/mol. The molecule has 1 fully saturated rings. The lowest BCUT2D eigenvalue weighted by Gasteiger charge is -2.50. The standard InChI is InChI=1S/C33H41N7O8/c1-37(2)21-14-19(22-7-6-17(47-22)15-40-10-8-39(5)9-11-40)26(36-46)24-18(21)12-16-13-20-27(38(3)4)29(48-35)25(32(34)44)31(43)33(20,45)30(42)23(16)28(24)41/h6-7,14,16,20,27,42,45H,8-13,15,35H2,1-5H3,(H2,34,44)/t16-,20-,27-,33-/m0/s1. The van der Waals surface area contributed by atoms with Crippen molar-refractivity contribution < 1.29 is 33.9 Å². The fourth-order valence-corrected chi connectivity index (χ4v) is 7.92. The molecule has 1 aromatic heterocycles. The number of carbonyl (C=O) groups is 3. The summed E-state index contributed by atoms with van der Waals surface area (Å²) in [7, 11) is 8.97. The molecule has 6 N–H and O–H groups in total. The zero-order valence-electron chi connectivity index (χ0n) is 27.6. The fraction of sp³-hybridized carbons (Fsp3) is 0.485. The second-order valence-corrected chi connectivity index (χ2v) is 13.5. The van der Waals surface area contributed by atoms with E-state index < -0.39 is 52.3 Å². The van der Waals surface area contributed by atoms with Gasteiger partial charge in [-0.25, -0.2) is 0 Å². The van der Waals surface area contributed by atoms with Crippen LogP contribution in [0, 0.1) is 16.7 Å². The maximum atomic E-state index is 14.5. The van der Waals surface area contributed by atoms with Crippen LogP contribution in [0.25, 0.3) is 11.3 Å². The van der Waals surface area contributed by atoms with Crippen LogP contribution < -0.4 is 16.5 Å². The molecule has 2 heterocycles. The number of furan rings is 1. The molecular formula is C33H41N7O8. The number of allylic oxidation sites excluding steroid dienone is 1. The van der Waals surface area contributed by atoms with Gasteiger partial charge in [-0.3, -0.25) is 24.2 Å². The number of anilines is 1. The van der Waals surface area contributed by atoms with Gasteiger partial charge in [-0.05, 0) is 68.8 Å². The Morgan fingerprint density at radius 1 is 1.17 bits per heavy atom. The number of nitroso groups, excluding NO2 is 1. The topological polar surface area (TPSA) is 208 Å². The number of likely N-dealkylation sites (N-methyl/N-ethyl adjacent to an activating group) is 2. The lowest BCUT2D eigenvalue weighted by Crippen LogP contribution is -2.64. The Labute approximate surface area is 277 Å². The van der Waals surface area contributed by atoms with Crippen molar-refractivity contribution in [3.8, 4) is 11.3 Å². The molecule has 0 bridgehead atoms. The average Bonchev–Trinajstić information content (AvgIpc) is 3.50. The highest BCUT2D eigenvalue weighted by atomic mass is 16.6. The molecule has 4 aliphatic rings. The number of ketones is 2. The molecule has 0 saturated carbocycles. The summed E-state index contributed by atoms with van der Waals surface area (Å²) in [5.74, 6) is 0.492. The maximum Gasteiger partial charge on any atom is 0.256 e. The van der Waals surface area contributed by atoms with Crippen molar-refractivity contribution in [2.75, 3.05) is 66.3 Å². The van der Waals surface area contributed by atoms with Gasteiger partial charge in [0.05, 0.1) is 18.2 Å². The molecule has 1 aromatic carbocycles. The number of benzene rings is 1. The van der Waals surface area contributed by atoms with E-state index in [-0.39, 0.29) is 35.4 Å². The molecule has 15 nitrogen and oxygen atoms in total. The predicted molar refractivity (Wildman–Crippen MR) is 175 cm³/mol. The van der Waals surface area contributed by atoms with E-state index in [1.54, 1.807) is 31.1 Å². The number of rotatable bonds is 8. The molecule has 4 atom stereocenters. The number of hydrogen-bond donors (Lipinski definition) is 4. The number of hydrogen-bond acceptors (Lipinski definition) is 14. The van der Waals surface area contributed by atoms with Crippen LogP contribution in [-0.4, -0.2) is 115 Å². The van der Waals surface area contributed by atoms with Crippen LogP contribution >= 0.6 is 0 Å². The number of aliphatic hydroxyl groups excluding tert-OH is 1. The third-order valence-electron chi connectivity index (χ3n) is 10.3. The molecule has 15 heteroatoms. The van der Waals surface area contributed by atoms with Crippen LogP contribution in [0.2, 0.25) is 0 Å². The highest BCUT2D eigenvalue weighted by Crippen LogP contribution is 2.54. The summed E-state index contributed by atoms with van der Waals surface area (Å²) < 4.78 is 6.21. The number of nitrogens with zero attached hydrogens (tertiary/aromatic N) is 5. The third-order valence-corrected chi connectivity index (χ3v) is 10.3. The zero-order valence-corrected chi connectivity index (χ0v) is 27.6. The van der Waals surface area contributed by atoms with Crippen molar-refractivity contribution in [3.05, 3.63) is 62.7 Å². The molecule has 2 aromatic rings. The van der Waals surface area contributed by atoms with Crippen LogP contribution in [0.3, 0.4) is 0 Å². The van der Waals surface area contributed by atoms with Gasteiger partial charge in [-0.2, -0.15) is 5.90 Å². The molecule has 256 valence electrons. The van der Waals surface area contributed by atoms with Crippen molar-refractivity contribution in [2.45, 2.75) is 31.0 Å². The van der Waals surface area contributed by atoms with Gasteiger partial charge < -0.3 is 35.0 Å². The smallest absolute Gasteiger partial charge is 0.256 e. The molecule has 0 radical (unpaired) electrons. The number of carbonyl (C=O) groups excluding carboxylic acids is 3. The largest absolute Gasteiger partial charge is 0.508 e. The van der Waals surface area contributed by atoms with Crippen LogP contribution in [-0.2, 0) is 27.4 Å². The lowest BCUT2D eigenvalue weighted by atomic mass is 9.58. The normalized spacial score (nSPS) is 26.4. The first kappa shape index (κ1) is 33.5. The Balaban J connectivity index is 1.48. The van der Waals surface area contributed by atoms with Gasteiger partial charge >= 0.3 is 0 Å². The summed E-state index contributed by atoms with van der Waals surface area (Å²) >= 11 is 0. The van der Waals surface area contributed by atoms with Gasteiger partial charge in [0.1, 0.15) is 28.5 Å². The summed E-state index contributed by atoms with van der Waals surface area (Å²) in [5, 5.41) is 27.1. The van der Waals surface area contributed by atoms with Crippen LogP contribution in [0.15, 0.2) is 50.5 Å². The Hall–Kier alpha value is -4.41. The minimum atomic E-state index is -2.70. The number of amides is 1. The highest BCUT2D eigenvalue weighted by Gasteiger charge is 2.63. The van der Waals surface area contributed by atoms with E-state index in [0.717, 1.165) is 26.2 Å². The van der Waals surface area contributed by atoms with Crippen molar-refractivity contribution in [1.29, 1.82) is 0 Å². The van der Waals surface area contributed by atoms with Crippen molar-refractivity contribution in [1.82, 2.24) is 14.7 Å². The minimum Gasteiger partial charge on any atom is -0.508 e. The molecule has 1 saturated heterocycles. The van der Waals surface area contributed by atoms with Gasteiger partial charge in [0.2, 0.25) is 5.78 Å². The molecule has 6 rings (SSSR count). The molecule has 3 aliphatic carbocycles. The van der Waals surface area contributed by atoms with E-state index in [1.165, 1.54) is 0 Å². The van der Waals surface area contributed by atoms with E-state index in [9.17, 15) is 29.5 Å². The molecule has 1 aliphatic heterocycles. The Morgan fingerprint density at radius 2 is 1.85 bits per heavy atom. The molecule has 1 amide bonds. The Morgan fingerprint density at radius 3 is 2.44 bits per heavy atom. The molecule has 48 heavy (non-hydrogen) atoms. The van der Waals surface area contributed by atoms with Crippen LogP contribution in [0.1, 0.15) is 28.1 Å². The number of Topliss-reactive ketones (excluding diaryl/α,β-unsaturated/α-hetero) is 2. The van der Waals surface area contributed by atoms with Crippen molar-refractivity contribution >= 4 is 28.8 Å². The van der Waals surface area contributed by atoms with Crippen LogP contribution in [0.4, 0.5) is 11.4 Å². The number of nitrogens with two attached hydrogens (primary N) is 2. The SMILES string of the molecule is CN1CCN(Cc2ccc(-c3cc(N(C)C)c4c(c3N=O)C(=O)C3=C(O)[C@]5(O)C(=O)C(C(N)=O)=C(ON)[C@@H](N(C)C)[C@@H]5C[C@@H]3C4)o2)CC1. The third kappa shape index (κ3) is 5.04. The quantitative estimate of drug-likeness (QED) is 0.178. The predicted octanol–water partition coefficient (Wildman–Crippen LogP) is 1.22. The van der Waals surface area contributed by atoms with Gasteiger partial charge in [0.25, 0.3) is 5.91 Å². The highest BCUT2D eigenvalue weighted by molar-refractivity contribution is 6.25. The van der Waals surface area contributed by atoms with Crippen molar-refractivity contribution in [3.63, 3.8) is 0 Å². The number of aliphatic hydroxyl groups is 2. The van der Waals surface area contributed by atoms with E-state index >= 15 is 0 Å². The zero-order chi connectivity index (χ0) is 34.8. The maximum absolute atomic E-state index is 14.5. The number of fused-ring (bicyclic) bond motifs is 3. The Bertz CT molecular complexity index is 1770. The van der Waals surface area contributed by atoms with Gasteiger partial charge in [0.15, 0.2) is 17.1 Å². The van der Waals surface area contributed by atoms with Gasteiger partial charge in [-0.1, -0.05) is 0 Å².